The molecule has 0 spiro atoms. The minimum Gasteiger partial charge on any atom is -1.00 e. The standard InChI is InChI=1S/2C8H20N.C2H5O.BrH/c2*1-5-9(6-2,7-3)8-4;1-2-3;/h2*5-8H2,1-4H3;2H2,1H3;1H/q2*+1;-1;/p-1. The number of quaternary nitrogens is 2. The van der Waals surface area contributed by atoms with Gasteiger partial charge in [-0.2, -0.15) is 0 Å². The number of nitrogens with zero attached hydrogens (tertiary/aromatic N) is 2. The average Bonchev–Trinajstić information content (AvgIpc) is 2.54. The van der Waals surface area contributed by atoms with E-state index in [1.165, 1.54) is 61.3 Å². The molecule has 0 bridgehead atoms. The molecule has 0 aromatic heterocycles. The smallest absolute Gasteiger partial charge is 0.0757 e. The van der Waals surface area contributed by atoms with Crippen LogP contribution in [0.3, 0.4) is 0 Å². The van der Waals surface area contributed by atoms with Crippen LogP contribution in [-0.4, -0.2) is 67.9 Å². The molecule has 140 valence electrons. The van der Waals surface area contributed by atoms with Crippen molar-refractivity contribution in [2.75, 3.05) is 59.0 Å². The molecule has 4 heteroatoms. The summed E-state index contributed by atoms with van der Waals surface area (Å²) in [6.45, 7) is 30.0. The lowest BCUT2D eigenvalue weighted by Gasteiger charge is -2.34. The molecule has 0 aliphatic carbocycles. The van der Waals surface area contributed by atoms with Crippen LogP contribution >= 0.6 is 0 Å². The van der Waals surface area contributed by atoms with Crippen LogP contribution in [0.15, 0.2) is 0 Å². The second-order valence-corrected chi connectivity index (χ2v) is 5.50. The Labute approximate surface area is 152 Å². The van der Waals surface area contributed by atoms with Crippen LogP contribution in [0.2, 0.25) is 0 Å². The zero-order valence-corrected chi connectivity index (χ0v) is 18.6. The van der Waals surface area contributed by atoms with Crippen molar-refractivity contribution in [1.82, 2.24) is 0 Å². The summed E-state index contributed by atoms with van der Waals surface area (Å²) in [7, 11) is 0. The molecule has 0 N–H and O–H groups in total. The molecule has 0 saturated heterocycles. The predicted octanol–water partition coefficient (Wildman–Crippen LogP) is 0.136. The Morgan fingerprint density at radius 3 is 0.545 bits per heavy atom. The van der Waals surface area contributed by atoms with Gasteiger partial charge in [0, 0.05) is 0 Å². The first-order valence-corrected chi connectivity index (χ1v) is 9.18. The fourth-order valence-corrected chi connectivity index (χ4v) is 2.68. The lowest BCUT2D eigenvalue weighted by atomic mass is 10.3. The van der Waals surface area contributed by atoms with Gasteiger partial charge < -0.3 is 31.1 Å². The summed E-state index contributed by atoms with van der Waals surface area (Å²) in [5, 5.41) is 8.93. The third kappa shape index (κ3) is 12.9. The molecule has 0 aliphatic heterocycles. The number of rotatable bonds is 8. The van der Waals surface area contributed by atoms with Crippen LogP contribution in [0.4, 0.5) is 0 Å². The Morgan fingerprint density at radius 2 is 0.545 bits per heavy atom. The first-order valence-electron chi connectivity index (χ1n) is 9.18. The van der Waals surface area contributed by atoms with Crippen molar-refractivity contribution in [2.45, 2.75) is 62.3 Å². The van der Waals surface area contributed by atoms with E-state index in [1.807, 2.05) is 0 Å². The predicted molar refractivity (Wildman–Crippen MR) is 95.4 cm³/mol. The fourth-order valence-electron chi connectivity index (χ4n) is 2.68. The van der Waals surface area contributed by atoms with Crippen LogP contribution in [0.5, 0.6) is 0 Å². The van der Waals surface area contributed by atoms with E-state index in [-0.39, 0.29) is 23.6 Å². The first-order chi connectivity index (χ1) is 9.90. The van der Waals surface area contributed by atoms with Gasteiger partial charge in [0.05, 0.1) is 52.4 Å². The molecule has 0 aromatic rings. The van der Waals surface area contributed by atoms with Crippen molar-refractivity contribution in [3.05, 3.63) is 0 Å². The molecule has 0 radical (unpaired) electrons. The zero-order chi connectivity index (χ0) is 17.4. The highest BCUT2D eigenvalue weighted by molar-refractivity contribution is 4.31. The lowest BCUT2D eigenvalue weighted by molar-refractivity contribution is -0.921. The Morgan fingerprint density at radius 1 is 0.455 bits per heavy atom. The van der Waals surface area contributed by atoms with E-state index in [1.54, 1.807) is 6.92 Å². The van der Waals surface area contributed by atoms with E-state index >= 15 is 0 Å². The third-order valence-electron chi connectivity index (χ3n) is 5.37. The molecule has 0 fully saturated rings. The second-order valence-electron chi connectivity index (χ2n) is 5.50. The van der Waals surface area contributed by atoms with Gasteiger partial charge in [0.25, 0.3) is 0 Å². The maximum atomic E-state index is 8.93. The van der Waals surface area contributed by atoms with Gasteiger partial charge in [0.2, 0.25) is 0 Å². The Balaban J connectivity index is -0.000000120. The first kappa shape index (κ1) is 30.3. The summed E-state index contributed by atoms with van der Waals surface area (Å²) in [6, 6.07) is 0. The molecule has 0 aromatic carbocycles. The van der Waals surface area contributed by atoms with Gasteiger partial charge in [-0.25, -0.2) is 0 Å². The lowest BCUT2D eigenvalue weighted by Crippen LogP contribution is -3.00. The molecule has 0 heterocycles. The van der Waals surface area contributed by atoms with Crippen LogP contribution in [-0.2, 0) is 0 Å². The normalized spacial score (nSPS) is 10.6. The van der Waals surface area contributed by atoms with Gasteiger partial charge in [0.15, 0.2) is 0 Å². The summed E-state index contributed by atoms with van der Waals surface area (Å²) in [4.78, 5) is 0. The summed E-state index contributed by atoms with van der Waals surface area (Å²) in [6.07, 6.45) is 0. The Bertz CT molecular complexity index is 139. The summed E-state index contributed by atoms with van der Waals surface area (Å²) in [5.74, 6) is 0. The van der Waals surface area contributed by atoms with Gasteiger partial charge in [-0.05, 0) is 55.4 Å². The second kappa shape index (κ2) is 19.4. The fraction of sp³-hybridized carbons (Fsp3) is 1.00. The minimum absolute atomic E-state index is 0. The molecule has 0 amide bonds. The van der Waals surface area contributed by atoms with E-state index < -0.39 is 0 Å². The molecule has 0 aliphatic rings. The highest BCUT2D eigenvalue weighted by Crippen LogP contribution is 2.03. The monoisotopic (exact) mass is 384 g/mol. The largest absolute Gasteiger partial charge is 1.00 e. The molecule has 3 nitrogen and oxygen atoms in total. The van der Waals surface area contributed by atoms with Crippen molar-refractivity contribution < 1.29 is 31.1 Å². The van der Waals surface area contributed by atoms with Crippen molar-refractivity contribution in [3.63, 3.8) is 0 Å². The van der Waals surface area contributed by atoms with Crippen molar-refractivity contribution in [1.29, 1.82) is 0 Å². The van der Waals surface area contributed by atoms with Gasteiger partial charge in [0.1, 0.15) is 0 Å². The summed E-state index contributed by atoms with van der Waals surface area (Å²) >= 11 is 0. The van der Waals surface area contributed by atoms with Crippen LogP contribution in [0, 0.1) is 0 Å². The molecule has 22 heavy (non-hydrogen) atoms. The van der Waals surface area contributed by atoms with Crippen molar-refractivity contribution in [3.8, 4) is 0 Å². The molecule has 0 saturated carbocycles. The van der Waals surface area contributed by atoms with E-state index in [4.69, 9.17) is 5.11 Å². The number of hydrogen-bond donors (Lipinski definition) is 0. The van der Waals surface area contributed by atoms with Crippen LogP contribution in [0.1, 0.15) is 62.3 Å². The van der Waals surface area contributed by atoms with E-state index in [9.17, 15) is 0 Å². The number of halogens is 1. The average molecular weight is 385 g/mol. The van der Waals surface area contributed by atoms with Gasteiger partial charge in [-0.3, -0.25) is 0 Å². The molecule has 0 rings (SSSR count). The Hall–Kier alpha value is 0.360. The van der Waals surface area contributed by atoms with Crippen molar-refractivity contribution in [2.24, 2.45) is 0 Å². The molecule has 0 unspecified atom stereocenters. The molecular weight excluding hydrogens is 340 g/mol. The van der Waals surface area contributed by atoms with E-state index in [0.29, 0.717) is 0 Å². The summed E-state index contributed by atoms with van der Waals surface area (Å²) < 4.78 is 2.56. The maximum absolute atomic E-state index is 8.93. The summed E-state index contributed by atoms with van der Waals surface area (Å²) in [5.41, 5.74) is 0. The van der Waals surface area contributed by atoms with E-state index in [2.05, 4.69) is 55.4 Å². The Kier molecular flexibility index (Phi) is 26.7. The molecule has 0 atom stereocenters. The topological polar surface area (TPSA) is 23.1 Å². The quantitative estimate of drug-likeness (QED) is 0.545. The maximum Gasteiger partial charge on any atom is 0.0757 e. The van der Waals surface area contributed by atoms with Crippen molar-refractivity contribution >= 4 is 0 Å². The van der Waals surface area contributed by atoms with E-state index in [0.717, 1.165) is 0 Å². The van der Waals surface area contributed by atoms with Crippen LogP contribution < -0.4 is 22.1 Å². The van der Waals surface area contributed by atoms with Gasteiger partial charge in [-0.15, -0.1) is 6.61 Å². The molecular formula is C18H45BrN2O. The third-order valence-corrected chi connectivity index (χ3v) is 5.37. The highest BCUT2D eigenvalue weighted by atomic mass is 79.9. The van der Waals surface area contributed by atoms with Crippen LogP contribution in [0.25, 0.3) is 0 Å². The SMILES string of the molecule is CC[N+](CC)(CC)CC.CC[N+](CC)(CC)CC.CC[O-].[Br-]. The highest BCUT2D eigenvalue weighted by Gasteiger charge is 2.16. The van der Waals surface area contributed by atoms with Gasteiger partial charge >= 0.3 is 0 Å². The van der Waals surface area contributed by atoms with Gasteiger partial charge in [-0.1, -0.05) is 6.92 Å². The zero-order valence-electron chi connectivity index (χ0n) is 17.0. The number of hydrogen-bond acceptors (Lipinski definition) is 1. The minimum atomic E-state index is 0.